The monoisotopic (exact) mass is 427 g/mol. The van der Waals surface area contributed by atoms with E-state index in [1.807, 2.05) is 26.0 Å². The molecule has 0 unspecified atom stereocenters. The van der Waals surface area contributed by atoms with E-state index in [2.05, 4.69) is 29.6 Å². The van der Waals surface area contributed by atoms with Crippen molar-refractivity contribution in [3.05, 3.63) is 53.5 Å². The number of hydrogen-bond acceptors (Lipinski definition) is 5. The van der Waals surface area contributed by atoms with E-state index in [0.29, 0.717) is 12.4 Å². The largest absolute Gasteiger partial charge is 0.477 e. The molecule has 0 spiro atoms. The molecule has 2 aromatic heterocycles. The van der Waals surface area contributed by atoms with Gasteiger partial charge in [0.2, 0.25) is 5.91 Å². The fourth-order valence-electron chi connectivity index (χ4n) is 3.70. The smallest absolute Gasteiger partial charge is 0.354 e. The van der Waals surface area contributed by atoms with E-state index in [1.54, 1.807) is 17.2 Å². The highest BCUT2D eigenvalue weighted by molar-refractivity contribution is 6.76. The van der Waals surface area contributed by atoms with Crippen LogP contribution < -0.4 is 4.90 Å². The predicted octanol–water partition coefficient (Wildman–Crippen LogP) is 3.90. The fourth-order valence-corrected chi connectivity index (χ4v) is 4.46. The number of fused-ring (bicyclic) bond motifs is 1. The minimum absolute atomic E-state index is 0.0201. The molecule has 7 nitrogen and oxygen atoms in total. The average Bonchev–Trinajstić information content (AvgIpc) is 2.92. The van der Waals surface area contributed by atoms with Crippen LogP contribution in [0.15, 0.2) is 36.7 Å². The van der Waals surface area contributed by atoms with Crippen molar-refractivity contribution >= 4 is 25.8 Å². The van der Waals surface area contributed by atoms with E-state index in [-0.39, 0.29) is 24.2 Å². The summed E-state index contributed by atoms with van der Waals surface area (Å²) in [4.78, 5) is 34.8. The Balaban J connectivity index is 1.87. The van der Waals surface area contributed by atoms with Gasteiger partial charge in [-0.05, 0) is 30.7 Å². The van der Waals surface area contributed by atoms with Crippen molar-refractivity contribution in [2.45, 2.75) is 50.9 Å². The number of carboxylic acids is 1. The molecule has 2 atom stereocenters. The van der Waals surface area contributed by atoms with E-state index >= 15 is 0 Å². The van der Waals surface area contributed by atoms with Gasteiger partial charge in [-0.15, -0.1) is 0 Å². The summed E-state index contributed by atoms with van der Waals surface area (Å²) in [5.74, 6) is -0.747. The summed E-state index contributed by atoms with van der Waals surface area (Å²) < 4.78 is 5.86. The van der Waals surface area contributed by atoms with Gasteiger partial charge >= 0.3 is 5.97 Å². The third-order valence-electron chi connectivity index (χ3n) is 5.88. The maximum atomic E-state index is 13.6. The van der Waals surface area contributed by atoms with Crippen LogP contribution in [0.2, 0.25) is 25.7 Å². The van der Waals surface area contributed by atoms with E-state index < -0.39 is 19.5 Å². The molecule has 0 aliphatic carbocycles. The van der Waals surface area contributed by atoms with Gasteiger partial charge in [-0.25, -0.2) is 14.8 Å². The Kier molecular flexibility index (Phi) is 6.10. The SMILES string of the molecule is C[C@H](c1ccc(C(=O)O)nc1)[C@@]1(C)C(=O)N(COCC[Si](C)(C)C)c2ncccc21. The van der Waals surface area contributed by atoms with Gasteiger partial charge in [-0.2, -0.15) is 0 Å². The molecule has 160 valence electrons. The Labute approximate surface area is 178 Å². The molecule has 0 bridgehead atoms. The third-order valence-corrected chi connectivity index (χ3v) is 7.58. The number of hydrogen-bond donors (Lipinski definition) is 1. The van der Waals surface area contributed by atoms with Crippen LogP contribution >= 0.6 is 0 Å². The van der Waals surface area contributed by atoms with Gasteiger partial charge in [0.15, 0.2) is 0 Å². The Morgan fingerprint density at radius 2 is 2.00 bits per heavy atom. The Morgan fingerprint density at radius 1 is 1.27 bits per heavy atom. The maximum Gasteiger partial charge on any atom is 0.354 e. The highest BCUT2D eigenvalue weighted by Gasteiger charge is 2.52. The van der Waals surface area contributed by atoms with Gasteiger partial charge in [0, 0.05) is 38.6 Å². The number of carbonyl (C=O) groups excluding carboxylic acids is 1. The number of carboxylic acid groups (broad SMARTS) is 1. The second-order valence-corrected chi connectivity index (χ2v) is 14.8. The summed E-state index contributed by atoms with van der Waals surface area (Å²) in [5, 5.41) is 9.09. The molecule has 0 radical (unpaired) electrons. The van der Waals surface area contributed by atoms with Crippen LogP contribution in [-0.2, 0) is 14.9 Å². The van der Waals surface area contributed by atoms with Crippen LogP contribution in [0.5, 0.6) is 0 Å². The lowest BCUT2D eigenvalue weighted by molar-refractivity contribution is -0.124. The Hall–Kier alpha value is -2.58. The van der Waals surface area contributed by atoms with Crippen molar-refractivity contribution in [2.24, 2.45) is 0 Å². The molecule has 0 saturated carbocycles. The second kappa shape index (κ2) is 8.27. The molecule has 1 aliphatic rings. The molecule has 1 N–H and O–H groups in total. The summed E-state index contributed by atoms with van der Waals surface area (Å²) in [5.41, 5.74) is 0.775. The zero-order valence-electron chi connectivity index (χ0n) is 18.2. The van der Waals surface area contributed by atoms with Crippen LogP contribution in [0.3, 0.4) is 0 Å². The summed E-state index contributed by atoms with van der Waals surface area (Å²) in [6.45, 7) is 11.5. The van der Waals surface area contributed by atoms with Crippen molar-refractivity contribution < 1.29 is 19.4 Å². The number of ether oxygens (including phenoxy) is 1. The predicted molar refractivity (Wildman–Crippen MR) is 118 cm³/mol. The molecular formula is C22H29N3O4Si. The minimum Gasteiger partial charge on any atom is -0.477 e. The molecule has 1 aliphatic heterocycles. The van der Waals surface area contributed by atoms with E-state index in [0.717, 1.165) is 17.2 Å². The standard InChI is InChI=1S/C22H29N3O4Si/c1-15(16-8-9-18(20(26)27)24-13-16)22(2)17-7-6-10-23-19(17)25(21(22)28)14-29-11-12-30(3,4)5/h6-10,13,15H,11-12,14H2,1-5H3,(H,26,27)/t15-,22-/m1/s1. The summed E-state index contributed by atoms with van der Waals surface area (Å²) in [7, 11) is -1.22. The first kappa shape index (κ1) is 22.1. The van der Waals surface area contributed by atoms with Crippen LogP contribution in [-0.4, -0.2) is 48.4 Å². The molecular weight excluding hydrogens is 398 g/mol. The first-order chi connectivity index (χ1) is 14.1. The van der Waals surface area contributed by atoms with E-state index in [1.165, 1.54) is 12.3 Å². The quantitative estimate of drug-likeness (QED) is 0.507. The summed E-state index contributed by atoms with van der Waals surface area (Å²) >= 11 is 0. The number of aromatic carboxylic acids is 1. The highest BCUT2D eigenvalue weighted by atomic mass is 28.3. The molecule has 2 aromatic rings. The topological polar surface area (TPSA) is 92.6 Å². The van der Waals surface area contributed by atoms with Crippen LogP contribution in [0.1, 0.15) is 41.4 Å². The molecule has 0 aromatic carbocycles. The number of pyridine rings is 2. The molecule has 3 heterocycles. The number of rotatable bonds is 8. The van der Waals surface area contributed by atoms with Gasteiger partial charge in [-0.3, -0.25) is 9.69 Å². The molecule has 0 fully saturated rings. The van der Waals surface area contributed by atoms with E-state index in [4.69, 9.17) is 9.84 Å². The normalized spacial score (nSPS) is 19.6. The van der Waals surface area contributed by atoms with Crippen LogP contribution in [0.25, 0.3) is 0 Å². The Morgan fingerprint density at radius 3 is 2.60 bits per heavy atom. The van der Waals surface area contributed by atoms with Crippen LogP contribution in [0.4, 0.5) is 5.82 Å². The maximum absolute atomic E-state index is 13.6. The third kappa shape index (κ3) is 4.15. The molecule has 1 amide bonds. The number of nitrogens with zero attached hydrogens (tertiary/aromatic N) is 3. The first-order valence-corrected chi connectivity index (χ1v) is 13.8. The van der Waals surface area contributed by atoms with Crippen molar-refractivity contribution in [3.63, 3.8) is 0 Å². The van der Waals surface area contributed by atoms with Gasteiger partial charge in [-0.1, -0.05) is 38.7 Å². The van der Waals surface area contributed by atoms with Gasteiger partial charge < -0.3 is 9.84 Å². The lowest BCUT2D eigenvalue weighted by Crippen LogP contribution is -2.42. The summed E-state index contributed by atoms with van der Waals surface area (Å²) in [6.07, 6.45) is 3.22. The van der Waals surface area contributed by atoms with Crippen molar-refractivity contribution in [3.8, 4) is 0 Å². The first-order valence-electron chi connectivity index (χ1n) is 10.1. The lowest BCUT2D eigenvalue weighted by Gasteiger charge is -2.31. The summed E-state index contributed by atoms with van der Waals surface area (Å²) in [6, 6.07) is 7.98. The van der Waals surface area contributed by atoms with Crippen molar-refractivity contribution in [1.29, 1.82) is 0 Å². The van der Waals surface area contributed by atoms with Gasteiger partial charge in [0.25, 0.3) is 0 Å². The Bertz CT molecular complexity index is 942. The highest BCUT2D eigenvalue weighted by Crippen LogP contribution is 2.48. The lowest BCUT2D eigenvalue weighted by atomic mass is 9.71. The zero-order chi connectivity index (χ0) is 22.1. The fraction of sp³-hybridized carbons (Fsp3) is 0.455. The second-order valence-electron chi connectivity index (χ2n) is 9.16. The number of aromatic nitrogens is 2. The van der Waals surface area contributed by atoms with E-state index in [9.17, 15) is 9.59 Å². The number of amides is 1. The number of carbonyl (C=O) groups is 2. The van der Waals surface area contributed by atoms with Gasteiger partial charge in [0.05, 0.1) is 5.41 Å². The van der Waals surface area contributed by atoms with Gasteiger partial charge in [0.1, 0.15) is 18.2 Å². The minimum atomic E-state index is -1.22. The molecule has 8 heteroatoms. The molecule has 3 rings (SSSR count). The average molecular weight is 428 g/mol. The van der Waals surface area contributed by atoms with Crippen LogP contribution in [0, 0.1) is 0 Å². The van der Waals surface area contributed by atoms with Crippen molar-refractivity contribution in [1.82, 2.24) is 9.97 Å². The number of anilines is 1. The zero-order valence-corrected chi connectivity index (χ0v) is 19.2. The molecule has 30 heavy (non-hydrogen) atoms. The van der Waals surface area contributed by atoms with Crippen molar-refractivity contribution in [2.75, 3.05) is 18.2 Å². The molecule has 0 saturated heterocycles.